The Morgan fingerprint density at radius 3 is 2.96 bits per heavy atom. The molecule has 23 heavy (non-hydrogen) atoms. The maximum absolute atomic E-state index is 12.0. The third kappa shape index (κ3) is 3.27. The molecule has 0 saturated carbocycles. The molecule has 1 fully saturated rings. The van der Waals surface area contributed by atoms with Crippen molar-refractivity contribution in [3.63, 3.8) is 0 Å². The zero-order valence-electron chi connectivity index (χ0n) is 12.8. The van der Waals surface area contributed by atoms with E-state index in [9.17, 15) is 9.59 Å². The molecule has 1 saturated heterocycles. The first-order valence-electron chi connectivity index (χ1n) is 7.82. The minimum absolute atomic E-state index is 0.200. The summed E-state index contributed by atoms with van der Waals surface area (Å²) in [6.07, 6.45) is 6.46. The molecule has 2 amide bonds. The number of carbonyl (C=O) groups excluding carboxylic acids is 2. The Kier molecular flexibility index (Phi) is 4.45. The normalized spacial score (nSPS) is 17.7. The summed E-state index contributed by atoms with van der Waals surface area (Å²) in [6, 6.07) is 5.61. The second kappa shape index (κ2) is 6.67. The molecule has 118 valence electrons. The maximum atomic E-state index is 12.0. The van der Waals surface area contributed by atoms with Gasteiger partial charge in [-0.05, 0) is 25.5 Å². The van der Waals surface area contributed by atoms with Crippen LogP contribution in [0.15, 0.2) is 30.6 Å². The van der Waals surface area contributed by atoms with Crippen LogP contribution in [0.4, 0.5) is 0 Å². The van der Waals surface area contributed by atoms with E-state index in [-0.39, 0.29) is 17.9 Å². The fraction of sp³-hybridized carbons (Fsp3) is 0.333. The predicted octanol–water partition coefficient (Wildman–Crippen LogP) is 1.71. The van der Waals surface area contributed by atoms with Crippen molar-refractivity contribution in [1.29, 1.82) is 0 Å². The molecule has 1 aliphatic heterocycles. The summed E-state index contributed by atoms with van der Waals surface area (Å²) < 4.78 is 1.89. The van der Waals surface area contributed by atoms with Gasteiger partial charge in [0.1, 0.15) is 6.04 Å². The number of hydrogen-bond donors (Lipinski definition) is 2. The lowest BCUT2D eigenvalue weighted by atomic mass is 10.1. The second-order valence-corrected chi connectivity index (χ2v) is 5.67. The van der Waals surface area contributed by atoms with Gasteiger partial charge in [0.25, 0.3) is 0 Å². The number of nitrogens with two attached hydrogens (primary N) is 1. The monoisotopic (exact) mass is 309 g/mol. The topological polar surface area (TPSA) is 77.1 Å². The molecule has 3 N–H and O–H groups in total. The van der Waals surface area contributed by atoms with Crippen LogP contribution in [-0.4, -0.2) is 22.9 Å². The van der Waals surface area contributed by atoms with Gasteiger partial charge >= 0.3 is 0 Å². The minimum Gasteiger partial charge on any atom is -0.341 e. The summed E-state index contributed by atoms with van der Waals surface area (Å²) in [4.78, 5) is 23.3. The highest BCUT2D eigenvalue weighted by Gasteiger charge is 2.27. The van der Waals surface area contributed by atoms with Gasteiger partial charge in [-0.15, -0.1) is 0 Å². The lowest BCUT2D eigenvalue weighted by Gasteiger charge is -2.21. The number of nitrogens with zero attached hydrogens (tertiary/aromatic N) is 1. The Balaban J connectivity index is 1.91. The average molecular weight is 309 g/mol. The number of amides is 2. The van der Waals surface area contributed by atoms with E-state index in [1.807, 2.05) is 35.2 Å². The number of hydrogen-bond acceptors (Lipinski definition) is 3. The van der Waals surface area contributed by atoms with E-state index in [4.69, 9.17) is 5.73 Å². The van der Waals surface area contributed by atoms with Gasteiger partial charge in [0.05, 0.1) is 0 Å². The van der Waals surface area contributed by atoms with E-state index in [1.54, 1.807) is 0 Å². The van der Waals surface area contributed by atoms with Crippen molar-refractivity contribution in [3.8, 4) is 11.8 Å². The Morgan fingerprint density at radius 1 is 1.30 bits per heavy atom. The quantitative estimate of drug-likeness (QED) is 0.515. The molecule has 1 aromatic heterocycles. The highest BCUT2D eigenvalue weighted by Crippen LogP contribution is 2.25. The number of fused-ring (bicyclic) bond motifs is 1. The SMILES string of the molecule is NCCCC#Cc1cccc2cn(C3CCC(=O)NC3=O)cc12. The van der Waals surface area contributed by atoms with Gasteiger partial charge in [-0.1, -0.05) is 24.0 Å². The molecule has 5 nitrogen and oxygen atoms in total. The van der Waals surface area contributed by atoms with Crippen LogP contribution in [0.1, 0.15) is 37.3 Å². The number of rotatable bonds is 3. The first kappa shape index (κ1) is 15.3. The minimum atomic E-state index is -0.335. The molecule has 2 heterocycles. The van der Waals surface area contributed by atoms with E-state index >= 15 is 0 Å². The van der Waals surface area contributed by atoms with Crippen molar-refractivity contribution in [1.82, 2.24) is 9.88 Å². The summed E-state index contributed by atoms with van der Waals surface area (Å²) in [5.41, 5.74) is 6.42. The van der Waals surface area contributed by atoms with Crippen LogP contribution in [0.3, 0.4) is 0 Å². The number of carbonyl (C=O) groups is 2. The smallest absolute Gasteiger partial charge is 0.249 e. The van der Waals surface area contributed by atoms with Gasteiger partial charge in [0, 0.05) is 41.6 Å². The zero-order chi connectivity index (χ0) is 16.2. The molecule has 3 rings (SSSR count). The summed E-state index contributed by atoms with van der Waals surface area (Å²) in [6.45, 7) is 0.644. The molecule has 1 aliphatic rings. The Hall–Kier alpha value is -2.58. The largest absolute Gasteiger partial charge is 0.341 e. The lowest BCUT2D eigenvalue weighted by Crippen LogP contribution is -2.41. The summed E-state index contributed by atoms with van der Waals surface area (Å²) in [7, 11) is 0. The number of aromatic nitrogens is 1. The third-order valence-electron chi connectivity index (χ3n) is 4.01. The standard InChI is InChI=1S/C18H19N3O2/c19-10-3-1-2-5-13-6-4-7-14-11-21(12-15(13)14)16-8-9-17(22)20-18(16)23/h4,6-7,11-12,16H,1,3,8-10,19H2,(H,20,22,23). The molecule has 5 heteroatoms. The van der Waals surface area contributed by atoms with Crippen molar-refractivity contribution >= 4 is 22.6 Å². The molecule has 0 bridgehead atoms. The van der Waals surface area contributed by atoms with Crippen LogP contribution in [-0.2, 0) is 9.59 Å². The molecule has 1 unspecified atom stereocenters. The van der Waals surface area contributed by atoms with E-state index in [1.165, 1.54) is 0 Å². The highest BCUT2D eigenvalue weighted by atomic mass is 16.2. The molecule has 1 aromatic carbocycles. The van der Waals surface area contributed by atoms with Gasteiger partial charge in [-0.3, -0.25) is 14.9 Å². The Labute approximate surface area is 134 Å². The number of benzene rings is 1. The van der Waals surface area contributed by atoms with Crippen LogP contribution >= 0.6 is 0 Å². The molecular weight excluding hydrogens is 290 g/mol. The zero-order valence-corrected chi connectivity index (χ0v) is 12.8. The van der Waals surface area contributed by atoms with Crippen LogP contribution in [0.2, 0.25) is 0 Å². The van der Waals surface area contributed by atoms with Crippen LogP contribution in [0.25, 0.3) is 10.8 Å². The first-order valence-corrected chi connectivity index (χ1v) is 7.82. The van der Waals surface area contributed by atoms with Gasteiger partial charge in [0.2, 0.25) is 11.8 Å². The van der Waals surface area contributed by atoms with Gasteiger partial charge < -0.3 is 10.3 Å². The van der Waals surface area contributed by atoms with Crippen LogP contribution < -0.4 is 11.1 Å². The number of nitrogens with one attached hydrogen (secondary N) is 1. The highest BCUT2D eigenvalue weighted by molar-refractivity contribution is 6.00. The van der Waals surface area contributed by atoms with Gasteiger partial charge in [-0.2, -0.15) is 0 Å². The molecular formula is C18H19N3O2. The van der Waals surface area contributed by atoms with Gasteiger partial charge in [-0.25, -0.2) is 0 Å². The maximum Gasteiger partial charge on any atom is 0.249 e. The first-order chi connectivity index (χ1) is 11.2. The van der Waals surface area contributed by atoms with Crippen molar-refractivity contribution in [3.05, 3.63) is 36.2 Å². The molecule has 0 radical (unpaired) electrons. The van der Waals surface area contributed by atoms with Crippen molar-refractivity contribution in [2.45, 2.75) is 31.7 Å². The van der Waals surface area contributed by atoms with E-state index < -0.39 is 0 Å². The summed E-state index contributed by atoms with van der Waals surface area (Å²) in [5, 5.41) is 4.46. The predicted molar refractivity (Wildman–Crippen MR) is 88.5 cm³/mol. The average Bonchev–Trinajstić information content (AvgIpc) is 2.96. The van der Waals surface area contributed by atoms with Crippen LogP contribution in [0.5, 0.6) is 0 Å². The molecule has 1 atom stereocenters. The van der Waals surface area contributed by atoms with Crippen LogP contribution in [0, 0.1) is 11.8 Å². The van der Waals surface area contributed by atoms with E-state index in [0.29, 0.717) is 19.4 Å². The Morgan fingerprint density at radius 2 is 2.17 bits per heavy atom. The van der Waals surface area contributed by atoms with Crippen molar-refractivity contribution < 1.29 is 9.59 Å². The Bertz CT molecular complexity index is 811. The number of piperidine rings is 1. The molecule has 0 aliphatic carbocycles. The fourth-order valence-electron chi connectivity index (χ4n) is 2.79. The van der Waals surface area contributed by atoms with Crippen molar-refractivity contribution in [2.24, 2.45) is 5.73 Å². The summed E-state index contributed by atoms with van der Waals surface area (Å²) in [5.74, 6) is 5.88. The number of unbranched alkanes of at least 4 members (excludes halogenated alkanes) is 1. The summed E-state index contributed by atoms with van der Waals surface area (Å²) >= 11 is 0. The molecule has 0 spiro atoms. The van der Waals surface area contributed by atoms with Crippen molar-refractivity contribution in [2.75, 3.05) is 6.54 Å². The van der Waals surface area contributed by atoms with E-state index in [0.717, 1.165) is 29.2 Å². The fourth-order valence-corrected chi connectivity index (χ4v) is 2.79. The molecule has 2 aromatic rings. The lowest BCUT2D eigenvalue weighted by molar-refractivity contribution is -0.135. The third-order valence-corrected chi connectivity index (χ3v) is 4.01. The second-order valence-electron chi connectivity index (χ2n) is 5.67. The van der Waals surface area contributed by atoms with Gasteiger partial charge in [0.15, 0.2) is 0 Å². The number of imide groups is 1. The van der Waals surface area contributed by atoms with E-state index in [2.05, 4.69) is 17.2 Å².